The average molecular weight is 440 g/mol. The van der Waals surface area contributed by atoms with E-state index in [1.54, 1.807) is 7.11 Å². The largest absolute Gasteiger partial charge is 0.383 e. The van der Waals surface area contributed by atoms with Crippen LogP contribution in [0, 0.1) is 0 Å². The predicted molar refractivity (Wildman–Crippen MR) is 122 cm³/mol. The third kappa shape index (κ3) is 4.78. The van der Waals surface area contributed by atoms with E-state index < -0.39 is 5.91 Å². The number of hydrogen-bond donors (Lipinski definition) is 4. The molecule has 1 aromatic carbocycles. The molecule has 0 radical (unpaired) electrons. The van der Waals surface area contributed by atoms with E-state index >= 15 is 0 Å². The summed E-state index contributed by atoms with van der Waals surface area (Å²) < 4.78 is 7.15. The number of carbonyl (C=O) groups excluding carboxylic acids is 1. The maximum Gasteiger partial charge on any atom is 0.273 e. The Morgan fingerprint density at radius 3 is 2.81 bits per heavy atom. The molecule has 1 saturated carbocycles. The smallest absolute Gasteiger partial charge is 0.273 e. The van der Waals surface area contributed by atoms with Crippen molar-refractivity contribution < 1.29 is 9.53 Å². The van der Waals surface area contributed by atoms with Crippen LogP contribution in [-0.2, 0) is 4.74 Å². The number of rotatable bonds is 9. The van der Waals surface area contributed by atoms with Crippen LogP contribution in [0.25, 0.3) is 10.9 Å². The van der Waals surface area contributed by atoms with Crippen molar-refractivity contribution >= 4 is 34.3 Å². The molecule has 11 heteroatoms. The fraction of sp³-hybridized carbons (Fsp3) is 0.476. The average Bonchev–Trinajstić information content (AvgIpc) is 3.43. The van der Waals surface area contributed by atoms with Gasteiger partial charge in [-0.25, -0.2) is 0 Å². The van der Waals surface area contributed by atoms with Gasteiger partial charge in [0.15, 0.2) is 11.5 Å². The van der Waals surface area contributed by atoms with Gasteiger partial charge < -0.3 is 26.8 Å². The predicted octanol–water partition coefficient (Wildman–Crippen LogP) is 1.95. The third-order valence-corrected chi connectivity index (χ3v) is 5.76. The Bertz CT molecular complexity index is 1090. The maximum absolute atomic E-state index is 11.9. The van der Waals surface area contributed by atoms with E-state index in [1.165, 1.54) is 12.8 Å². The number of anilines is 3. The number of hydrogen-bond acceptors (Lipinski definition) is 9. The number of nitrogens with zero attached hydrogens (tertiary/aromatic N) is 5. The van der Waals surface area contributed by atoms with Gasteiger partial charge in [-0.15, -0.1) is 10.2 Å². The first kappa shape index (κ1) is 21.9. The second kappa shape index (κ2) is 9.45. The summed E-state index contributed by atoms with van der Waals surface area (Å²) >= 11 is 0. The first-order valence-electron chi connectivity index (χ1n) is 10.8. The minimum atomic E-state index is -0.727. The molecule has 0 unspecified atom stereocenters. The first-order valence-corrected chi connectivity index (χ1v) is 10.8. The van der Waals surface area contributed by atoms with Gasteiger partial charge >= 0.3 is 0 Å². The summed E-state index contributed by atoms with van der Waals surface area (Å²) in [6, 6.07) is 5.82. The molecule has 6 N–H and O–H groups in total. The molecule has 2 heterocycles. The van der Waals surface area contributed by atoms with Gasteiger partial charge in [-0.05, 0) is 38.0 Å². The van der Waals surface area contributed by atoms with Gasteiger partial charge in [-0.2, -0.15) is 10.1 Å². The monoisotopic (exact) mass is 439 g/mol. The van der Waals surface area contributed by atoms with Crippen LogP contribution < -0.4 is 22.1 Å². The van der Waals surface area contributed by atoms with Gasteiger partial charge in [0.2, 0.25) is 5.95 Å². The number of carbonyl (C=O) groups is 1. The lowest BCUT2D eigenvalue weighted by Crippen LogP contribution is -2.41. The van der Waals surface area contributed by atoms with Crippen molar-refractivity contribution in [1.29, 1.82) is 0 Å². The SMILES string of the molecule is COC[C@H](N)[C@@H](C)Nc1nnc(C(N)=O)c(Nc2ccc3cn(C4CCCC4)nc3c2)n1. The van der Waals surface area contributed by atoms with Crippen LogP contribution in [0.1, 0.15) is 49.1 Å². The molecule has 11 nitrogen and oxygen atoms in total. The molecule has 0 bridgehead atoms. The summed E-state index contributed by atoms with van der Waals surface area (Å²) in [5, 5.41) is 19.9. The number of benzene rings is 1. The Hall–Kier alpha value is -3.31. The molecule has 0 aliphatic heterocycles. The Kier molecular flexibility index (Phi) is 6.47. The summed E-state index contributed by atoms with van der Waals surface area (Å²) in [6.07, 6.45) is 6.90. The summed E-state index contributed by atoms with van der Waals surface area (Å²) in [6.45, 7) is 2.26. The van der Waals surface area contributed by atoms with Crippen LogP contribution in [0.2, 0.25) is 0 Å². The van der Waals surface area contributed by atoms with Crippen molar-refractivity contribution in [2.75, 3.05) is 24.4 Å². The highest BCUT2D eigenvalue weighted by Gasteiger charge is 2.20. The molecule has 1 fully saturated rings. The van der Waals surface area contributed by atoms with E-state index in [9.17, 15) is 4.79 Å². The summed E-state index contributed by atoms with van der Waals surface area (Å²) in [5.41, 5.74) is 13.1. The van der Waals surface area contributed by atoms with Crippen LogP contribution in [0.3, 0.4) is 0 Å². The van der Waals surface area contributed by atoms with Crippen LogP contribution >= 0.6 is 0 Å². The number of amides is 1. The second-order valence-electron chi connectivity index (χ2n) is 8.20. The Balaban J connectivity index is 1.57. The molecule has 3 aromatic rings. The van der Waals surface area contributed by atoms with Crippen molar-refractivity contribution in [2.45, 2.75) is 50.7 Å². The zero-order valence-electron chi connectivity index (χ0n) is 18.3. The minimum absolute atomic E-state index is 0.0547. The van der Waals surface area contributed by atoms with Crippen LogP contribution in [-0.4, -0.2) is 56.7 Å². The van der Waals surface area contributed by atoms with Gasteiger partial charge in [-0.1, -0.05) is 12.8 Å². The first-order chi connectivity index (χ1) is 15.4. The van der Waals surface area contributed by atoms with Gasteiger partial charge in [-0.3, -0.25) is 9.48 Å². The lowest BCUT2D eigenvalue weighted by molar-refractivity contribution is 0.0995. The van der Waals surface area contributed by atoms with E-state index in [0.717, 1.165) is 23.7 Å². The highest BCUT2D eigenvalue weighted by Crippen LogP contribution is 2.31. The second-order valence-corrected chi connectivity index (χ2v) is 8.20. The van der Waals surface area contributed by atoms with Gasteiger partial charge in [0, 0.05) is 36.5 Å². The maximum atomic E-state index is 11.9. The molecular weight excluding hydrogens is 410 g/mol. The third-order valence-electron chi connectivity index (χ3n) is 5.76. The molecule has 2 aromatic heterocycles. The summed E-state index contributed by atoms with van der Waals surface area (Å²) in [7, 11) is 1.59. The fourth-order valence-electron chi connectivity index (χ4n) is 3.89. The molecule has 170 valence electrons. The van der Waals surface area contributed by atoms with Gasteiger partial charge in [0.05, 0.1) is 18.2 Å². The van der Waals surface area contributed by atoms with Crippen molar-refractivity contribution in [3.63, 3.8) is 0 Å². The summed E-state index contributed by atoms with van der Waals surface area (Å²) in [5.74, 6) is -0.296. The lowest BCUT2D eigenvalue weighted by atomic mass is 10.2. The van der Waals surface area contributed by atoms with E-state index in [4.69, 9.17) is 21.3 Å². The lowest BCUT2D eigenvalue weighted by Gasteiger charge is -2.20. The van der Waals surface area contributed by atoms with E-state index in [2.05, 4.69) is 36.7 Å². The molecular formula is C21H29N9O2. The number of methoxy groups -OCH3 is 1. The van der Waals surface area contributed by atoms with Crippen LogP contribution in [0.15, 0.2) is 24.4 Å². The highest BCUT2D eigenvalue weighted by molar-refractivity contribution is 5.96. The van der Waals surface area contributed by atoms with Crippen molar-refractivity contribution in [1.82, 2.24) is 25.0 Å². The standard InChI is InChI=1S/C21H29N9O2/c1-12(16(22)11-32-2)24-21-26-20(18(19(23)31)27-28-21)25-14-8-7-13-10-30(29-17(13)9-14)15-5-3-4-6-15/h7-10,12,15-16H,3-6,11,22H2,1-2H3,(H2,23,31)(H2,24,25,26,28)/t12-,16+/m1/s1. The quantitative estimate of drug-likeness (QED) is 0.391. The summed E-state index contributed by atoms with van der Waals surface area (Å²) in [4.78, 5) is 16.3. The Morgan fingerprint density at radius 2 is 2.09 bits per heavy atom. The zero-order valence-corrected chi connectivity index (χ0v) is 18.3. The number of aromatic nitrogens is 5. The van der Waals surface area contributed by atoms with Crippen molar-refractivity contribution in [2.24, 2.45) is 11.5 Å². The highest BCUT2D eigenvalue weighted by atomic mass is 16.5. The fourth-order valence-corrected chi connectivity index (χ4v) is 3.89. The Labute approximate surface area is 185 Å². The minimum Gasteiger partial charge on any atom is -0.383 e. The number of nitrogens with two attached hydrogens (primary N) is 2. The van der Waals surface area contributed by atoms with E-state index in [0.29, 0.717) is 18.3 Å². The molecule has 1 aliphatic rings. The Morgan fingerprint density at radius 1 is 1.31 bits per heavy atom. The molecule has 1 aliphatic carbocycles. The molecule has 32 heavy (non-hydrogen) atoms. The van der Waals surface area contributed by atoms with Crippen LogP contribution in [0.5, 0.6) is 0 Å². The number of primary amides is 1. The molecule has 0 saturated heterocycles. The molecule has 4 rings (SSSR count). The zero-order chi connectivity index (χ0) is 22.7. The van der Waals surface area contributed by atoms with Crippen molar-refractivity contribution in [3.05, 3.63) is 30.1 Å². The number of fused-ring (bicyclic) bond motifs is 1. The molecule has 2 atom stereocenters. The molecule has 0 spiro atoms. The van der Waals surface area contributed by atoms with Gasteiger partial charge in [0.1, 0.15) is 0 Å². The normalized spacial score (nSPS) is 16.2. The number of nitrogens with one attached hydrogen (secondary N) is 2. The molecule has 1 amide bonds. The van der Waals surface area contributed by atoms with E-state index in [1.807, 2.05) is 25.1 Å². The topological polar surface area (TPSA) is 159 Å². The van der Waals surface area contributed by atoms with E-state index in [-0.39, 0.29) is 29.5 Å². The number of ether oxygens (including phenoxy) is 1. The van der Waals surface area contributed by atoms with Gasteiger partial charge in [0.25, 0.3) is 5.91 Å². The van der Waals surface area contributed by atoms with Crippen LogP contribution in [0.4, 0.5) is 17.5 Å². The van der Waals surface area contributed by atoms with Crippen molar-refractivity contribution in [3.8, 4) is 0 Å².